The first-order valence-corrected chi connectivity index (χ1v) is 7.67. The lowest BCUT2D eigenvalue weighted by Gasteiger charge is -2.19. The van der Waals surface area contributed by atoms with Crippen molar-refractivity contribution >= 4 is 15.9 Å². The van der Waals surface area contributed by atoms with E-state index in [9.17, 15) is 5.11 Å². The van der Waals surface area contributed by atoms with Crippen LogP contribution in [-0.4, -0.2) is 42.9 Å². The van der Waals surface area contributed by atoms with Crippen molar-refractivity contribution in [3.63, 3.8) is 0 Å². The number of phenolic OH excluding ortho intramolecular Hbond substituents is 1. The second-order valence-corrected chi connectivity index (χ2v) is 5.87. The van der Waals surface area contributed by atoms with Crippen molar-refractivity contribution < 1.29 is 14.6 Å². The summed E-state index contributed by atoms with van der Waals surface area (Å²) in [5.74, 6) is 0.671. The van der Waals surface area contributed by atoms with Crippen LogP contribution in [0.2, 0.25) is 0 Å². The van der Waals surface area contributed by atoms with Crippen LogP contribution in [0.3, 0.4) is 0 Å². The molecule has 1 N–H and O–H groups in total. The Hall–Kier alpha value is -0.780. The van der Waals surface area contributed by atoms with Gasteiger partial charge in [-0.25, -0.2) is 0 Å². The van der Waals surface area contributed by atoms with Crippen LogP contribution in [-0.2, 0) is 11.3 Å². The molecule has 0 heterocycles. The third kappa shape index (κ3) is 5.69. The zero-order valence-corrected chi connectivity index (χ0v) is 14.2. The van der Waals surface area contributed by atoms with E-state index in [4.69, 9.17) is 9.47 Å². The molecule has 4 nitrogen and oxygen atoms in total. The van der Waals surface area contributed by atoms with Crippen molar-refractivity contribution in [2.45, 2.75) is 33.4 Å². The molecule has 1 aromatic rings. The number of rotatable bonds is 8. The average molecular weight is 346 g/mol. The molecule has 0 aliphatic heterocycles. The fraction of sp³-hybridized carbons (Fsp3) is 0.600. The van der Waals surface area contributed by atoms with Gasteiger partial charge >= 0.3 is 0 Å². The Labute approximate surface area is 129 Å². The molecule has 1 aromatic carbocycles. The van der Waals surface area contributed by atoms with Gasteiger partial charge < -0.3 is 14.6 Å². The molecule has 0 atom stereocenters. The number of benzene rings is 1. The van der Waals surface area contributed by atoms with Gasteiger partial charge in [0.15, 0.2) is 11.5 Å². The molecule has 5 heteroatoms. The SMILES string of the molecule is CCOc1cc(CN(C)CCOC(C)C)cc(Br)c1O. The molecule has 0 aromatic heterocycles. The van der Waals surface area contributed by atoms with E-state index in [0.29, 0.717) is 23.4 Å². The van der Waals surface area contributed by atoms with Crippen LogP contribution in [0.1, 0.15) is 26.3 Å². The standard InChI is InChI=1S/C15H24BrNO3/c1-5-19-14-9-12(8-13(16)15(14)18)10-17(4)6-7-20-11(2)3/h8-9,11,18H,5-7,10H2,1-4H3. The first-order valence-electron chi connectivity index (χ1n) is 6.88. The van der Waals surface area contributed by atoms with Gasteiger partial charge in [0, 0.05) is 13.1 Å². The number of hydrogen-bond acceptors (Lipinski definition) is 4. The predicted octanol–water partition coefficient (Wildman–Crippen LogP) is 3.41. The zero-order valence-electron chi connectivity index (χ0n) is 12.6. The molecule has 114 valence electrons. The van der Waals surface area contributed by atoms with E-state index in [1.807, 2.05) is 40.0 Å². The third-order valence-electron chi connectivity index (χ3n) is 2.76. The quantitative estimate of drug-likeness (QED) is 0.783. The van der Waals surface area contributed by atoms with E-state index in [0.717, 1.165) is 18.7 Å². The smallest absolute Gasteiger partial charge is 0.172 e. The normalized spacial score (nSPS) is 11.3. The fourth-order valence-electron chi connectivity index (χ4n) is 1.82. The Morgan fingerprint density at radius 2 is 2.05 bits per heavy atom. The topological polar surface area (TPSA) is 41.9 Å². The van der Waals surface area contributed by atoms with Crippen LogP contribution >= 0.6 is 15.9 Å². The largest absolute Gasteiger partial charge is 0.503 e. The molecular formula is C15H24BrNO3. The lowest BCUT2D eigenvalue weighted by Crippen LogP contribution is -2.24. The van der Waals surface area contributed by atoms with Crippen molar-refractivity contribution in [2.24, 2.45) is 0 Å². The molecule has 0 radical (unpaired) electrons. The highest BCUT2D eigenvalue weighted by Crippen LogP contribution is 2.35. The van der Waals surface area contributed by atoms with E-state index in [1.54, 1.807) is 0 Å². The molecule has 0 aliphatic rings. The van der Waals surface area contributed by atoms with Gasteiger partial charge in [0.2, 0.25) is 0 Å². The number of ether oxygens (including phenoxy) is 2. The Bertz CT molecular complexity index is 424. The molecule has 0 amide bonds. The first kappa shape index (κ1) is 17.3. The van der Waals surface area contributed by atoms with Crippen molar-refractivity contribution in [3.8, 4) is 11.5 Å². The number of hydrogen-bond donors (Lipinski definition) is 1. The molecule has 0 unspecified atom stereocenters. The van der Waals surface area contributed by atoms with Crippen molar-refractivity contribution in [1.82, 2.24) is 4.90 Å². The Morgan fingerprint density at radius 1 is 1.35 bits per heavy atom. The monoisotopic (exact) mass is 345 g/mol. The Kier molecular flexibility index (Phi) is 7.34. The van der Waals surface area contributed by atoms with Crippen LogP contribution in [0.4, 0.5) is 0 Å². The lowest BCUT2D eigenvalue weighted by molar-refractivity contribution is 0.0627. The minimum atomic E-state index is 0.154. The summed E-state index contributed by atoms with van der Waals surface area (Å²) in [4.78, 5) is 2.18. The van der Waals surface area contributed by atoms with Crippen LogP contribution in [0, 0.1) is 0 Å². The van der Waals surface area contributed by atoms with Gasteiger partial charge in [0.05, 0.1) is 23.8 Å². The molecule has 0 spiro atoms. The summed E-state index contributed by atoms with van der Waals surface area (Å²) in [6.45, 7) is 8.85. The van der Waals surface area contributed by atoms with Crippen LogP contribution in [0.5, 0.6) is 11.5 Å². The summed E-state index contributed by atoms with van der Waals surface area (Å²) < 4.78 is 11.6. The minimum Gasteiger partial charge on any atom is -0.503 e. The van der Waals surface area contributed by atoms with Gasteiger partial charge in [-0.05, 0) is 61.4 Å². The summed E-state index contributed by atoms with van der Waals surface area (Å²) in [5.41, 5.74) is 1.09. The number of likely N-dealkylation sites (N-methyl/N-ethyl adjacent to an activating group) is 1. The highest BCUT2D eigenvalue weighted by atomic mass is 79.9. The van der Waals surface area contributed by atoms with Crippen LogP contribution in [0.25, 0.3) is 0 Å². The molecule has 0 aliphatic carbocycles. The second-order valence-electron chi connectivity index (χ2n) is 5.01. The maximum absolute atomic E-state index is 9.88. The predicted molar refractivity (Wildman–Crippen MR) is 84.4 cm³/mol. The van der Waals surface area contributed by atoms with E-state index < -0.39 is 0 Å². The average Bonchev–Trinajstić information content (AvgIpc) is 2.35. The van der Waals surface area contributed by atoms with Crippen LogP contribution < -0.4 is 4.74 Å². The Morgan fingerprint density at radius 3 is 2.65 bits per heavy atom. The van der Waals surface area contributed by atoms with E-state index >= 15 is 0 Å². The first-order chi connectivity index (χ1) is 9.43. The van der Waals surface area contributed by atoms with Crippen molar-refractivity contribution in [3.05, 3.63) is 22.2 Å². The summed E-state index contributed by atoms with van der Waals surface area (Å²) in [7, 11) is 2.05. The van der Waals surface area contributed by atoms with E-state index in [2.05, 4.69) is 20.8 Å². The van der Waals surface area contributed by atoms with Gasteiger partial charge in [0.25, 0.3) is 0 Å². The highest BCUT2D eigenvalue weighted by molar-refractivity contribution is 9.10. The fourth-order valence-corrected chi connectivity index (χ4v) is 2.31. The maximum Gasteiger partial charge on any atom is 0.172 e. The highest BCUT2D eigenvalue weighted by Gasteiger charge is 2.10. The molecule has 0 saturated heterocycles. The maximum atomic E-state index is 9.88. The van der Waals surface area contributed by atoms with Gasteiger partial charge in [0.1, 0.15) is 0 Å². The number of aromatic hydroxyl groups is 1. The summed E-state index contributed by atoms with van der Waals surface area (Å²) >= 11 is 3.36. The zero-order chi connectivity index (χ0) is 15.1. The molecule has 1 rings (SSSR count). The van der Waals surface area contributed by atoms with Gasteiger partial charge in [-0.2, -0.15) is 0 Å². The van der Waals surface area contributed by atoms with E-state index in [1.165, 1.54) is 0 Å². The molecule has 0 bridgehead atoms. The van der Waals surface area contributed by atoms with Gasteiger partial charge in [-0.3, -0.25) is 4.90 Å². The number of halogens is 1. The van der Waals surface area contributed by atoms with Crippen molar-refractivity contribution in [1.29, 1.82) is 0 Å². The summed E-state index contributed by atoms with van der Waals surface area (Å²) in [6, 6.07) is 3.79. The lowest BCUT2D eigenvalue weighted by atomic mass is 10.2. The van der Waals surface area contributed by atoms with Gasteiger partial charge in [-0.15, -0.1) is 0 Å². The Balaban J connectivity index is 2.62. The van der Waals surface area contributed by atoms with Gasteiger partial charge in [-0.1, -0.05) is 0 Å². The number of phenols is 1. The molecule has 0 fully saturated rings. The number of nitrogens with zero attached hydrogens (tertiary/aromatic N) is 1. The second kappa shape index (κ2) is 8.49. The third-order valence-corrected chi connectivity index (χ3v) is 3.37. The van der Waals surface area contributed by atoms with Crippen LogP contribution in [0.15, 0.2) is 16.6 Å². The van der Waals surface area contributed by atoms with E-state index in [-0.39, 0.29) is 11.9 Å². The molecular weight excluding hydrogens is 322 g/mol. The summed E-state index contributed by atoms with van der Waals surface area (Å²) in [6.07, 6.45) is 0.260. The minimum absolute atomic E-state index is 0.154. The summed E-state index contributed by atoms with van der Waals surface area (Å²) in [5, 5.41) is 9.88. The molecule has 20 heavy (non-hydrogen) atoms. The van der Waals surface area contributed by atoms with Crippen molar-refractivity contribution in [2.75, 3.05) is 26.8 Å². The molecule has 0 saturated carbocycles.